The van der Waals surface area contributed by atoms with Gasteiger partial charge in [-0.3, -0.25) is 4.79 Å². The van der Waals surface area contributed by atoms with Crippen LogP contribution in [0.1, 0.15) is 12.8 Å². The molecule has 5 nitrogen and oxygen atoms in total. The molecule has 0 atom stereocenters. The first-order valence-corrected chi connectivity index (χ1v) is 17.8. The quantitative estimate of drug-likeness (QED) is 0.102. The van der Waals surface area contributed by atoms with E-state index in [2.05, 4.69) is 77.5 Å². The van der Waals surface area contributed by atoms with Crippen LogP contribution >= 0.6 is 7.26 Å². The average molecular weight is 609 g/mol. The fraction of sp³-hybridized carbons (Fsp3) is 0.139. The highest BCUT2D eigenvalue weighted by Crippen LogP contribution is 2.55. The number of benzene rings is 5. The Bertz CT molecular complexity index is 1600. The van der Waals surface area contributed by atoms with Crippen molar-refractivity contribution < 1.29 is 17.9 Å². The van der Waals surface area contributed by atoms with Crippen LogP contribution in [-0.2, 0) is 19.6 Å². The molecule has 0 aliphatic rings. The Labute approximate surface area is 255 Å². The van der Waals surface area contributed by atoms with Gasteiger partial charge in [-0.05, 0) is 59.7 Å². The highest BCUT2D eigenvalue weighted by molar-refractivity contribution is 7.95. The van der Waals surface area contributed by atoms with Crippen molar-refractivity contribution in [2.24, 2.45) is 0 Å². The van der Waals surface area contributed by atoms with Gasteiger partial charge in [-0.1, -0.05) is 97.1 Å². The van der Waals surface area contributed by atoms with Crippen LogP contribution in [0.15, 0.2) is 150 Å². The van der Waals surface area contributed by atoms with Crippen molar-refractivity contribution in [3.05, 3.63) is 146 Å². The lowest BCUT2D eigenvalue weighted by atomic mass is 10.1. The van der Waals surface area contributed by atoms with Crippen LogP contribution in [0.2, 0.25) is 0 Å². The summed E-state index contributed by atoms with van der Waals surface area (Å²) in [5.41, 5.74) is 1.94. The van der Waals surface area contributed by atoms with Gasteiger partial charge in [-0.15, -0.1) is 0 Å². The average Bonchev–Trinajstić information content (AvgIpc) is 3.06. The van der Waals surface area contributed by atoms with E-state index in [1.54, 1.807) is 24.3 Å². The summed E-state index contributed by atoms with van der Waals surface area (Å²) in [6.45, 7) is 0.234. The first-order chi connectivity index (χ1) is 21.0. The van der Waals surface area contributed by atoms with Crippen LogP contribution in [0.5, 0.6) is 0 Å². The molecule has 7 heteroatoms. The maximum atomic E-state index is 12.8. The zero-order valence-corrected chi connectivity index (χ0v) is 25.6. The van der Waals surface area contributed by atoms with Gasteiger partial charge in [0.1, 0.15) is 23.2 Å². The minimum atomic E-state index is -3.74. The normalized spacial score (nSPS) is 11.6. The fourth-order valence-electron chi connectivity index (χ4n) is 5.27. The first-order valence-electron chi connectivity index (χ1n) is 14.3. The van der Waals surface area contributed by atoms with Gasteiger partial charge in [0.2, 0.25) is 10.0 Å². The minimum Gasteiger partial charge on any atom is -0.465 e. The Morgan fingerprint density at radius 1 is 0.605 bits per heavy atom. The van der Waals surface area contributed by atoms with Crippen molar-refractivity contribution in [3.8, 4) is 11.1 Å². The molecule has 5 aromatic carbocycles. The van der Waals surface area contributed by atoms with Gasteiger partial charge in [-0.25, -0.2) is 13.1 Å². The van der Waals surface area contributed by atoms with Gasteiger partial charge in [0.15, 0.2) is 0 Å². The van der Waals surface area contributed by atoms with E-state index in [1.807, 2.05) is 48.5 Å². The number of hydrogen-bond acceptors (Lipinski definition) is 4. The molecule has 0 radical (unpaired) electrons. The van der Waals surface area contributed by atoms with E-state index in [4.69, 9.17) is 4.74 Å². The predicted octanol–water partition coefficient (Wildman–Crippen LogP) is 5.95. The number of carbonyl (C=O) groups is 1. The summed E-state index contributed by atoms with van der Waals surface area (Å²) in [6, 6.07) is 48.2. The lowest BCUT2D eigenvalue weighted by molar-refractivity contribution is -0.143. The maximum Gasteiger partial charge on any atom is 0.307 e. The van der Waals surface area contributed by atoms with Crippen LogP contribution in [0.3, 0.4) is 0 Å². The molecule has 0 amide bonds. The second kappa shape index (κ2) is 14.4. The Balaban J connectivity index is 1.18. The third-order valence-electron chi connectivity index (χ3n) is 7.38. The molecule has 0 saturated carbocycles. The smallest absolute Gasteiger partial charge is 0.307 e. The number of esters is 1. The van der Waals surface area contributed by atoms with Gasteiger partial charge in [-0.2, -0.15) is 0 Å². The summed E-state index contributed by atoms with van der Waals surface area (Å²) in [4.78, 5) is 12.7. The molecule has 0 heterocycles. The van der Waals surface area contributed by atoms with E-state index in [1.165, 1.54) is 15.9 Å². The van der Waals surface area contributed by atoms with Crippen molar-refractivity contribution in [2.45, 2.75) is 17.7 Å². The summed E-state index contributed by atoms with van der Waals surface area (Å²) in [6.07, 6.45) is 1.47. The molecule has 0 aliphatic carbocycles. The van der Waals surface area contributed by atoms with Crippen LogP contribution in [-0.4, -0.2) is 33.7 Å². The number of carbonyl (C=O) groups excluding carboxylic acids is 1. The lowest BCUT2D eigenvalue weighted by Crippen LogP contribution is -2.33. The van der Waals surface area contributed by atoms with Crippen molar-refractivity contribution in [1.29, 1.82) is 0 Å². The van der Waals surface area contributed by atoms with Gasteiger partial charge in [0, 0.05) is 13.0 Å². The second-order valence-electron chi connectivity index (χ2n) is 10.2. The number of rotatable bonds is 13. The molecule has 0 fully saturated rings. The van der Waals surface area contributed by atoms with E-state index < -0.39 is 23.3 Å². The summed E-state index contributed by atoms with van der Waals surface area (Å²) in [5, 5.41) is 3.85. The molecule has 0 aromatic heterocycles. The summed E-state index contributed by atoms with van der Waals surface area (Å²) >= 11 is 0. The van der Waals surface area contributed by atoms with Crippen LogP contribution in [0.25, 0.3) is 11.1 Å². The van der Waals surface area contributed by atoms with Gasteiger partial charge in [0.25, 0.3) is 0 Å². The van der Waals surface area contributed by atoms with Crippen LogP contribution in [0, 0.1) is 0 Å². The Kier molecular flexibility index (Phi) is 10.2. The molecule has 5 aromatic rings. The monoisotopic (exact) mass is 608 g/mol. The second-order valence-corrected chi connectivity index (χ2v) is 15.5. The number of nitrogens with one attached hydrogen (secondary N) is 1. The van der Waals surface area contributed by atoms with Crippen molar-refractivity contribution in [3.63, 3.8) is 0 Å². The van der Waals surface area contributed by atoms with Crippen molar-refractivity contribution in [2.75, 3.05) is 19.3 Å². The first kappa shape index (κ1) is 30.4. The molecule has 0 unspecified atom stereocenters. The highest BCUT2D eigenvalue weighted by atomic mass is 32.2. The van der Waals surface area contributed by atoms with Crippen LogP contribution in [0.4, 0.5) is 0 Å². The summed E-state index contributed by atoms with van der Waals surface area (Å²) < 4.78 is 33.6. The Morgan fingerprint density at radius 2 is 1.05 bits per heavy atom. The SMILES string of the molecule is O=C(CCNS(=O)(=O)c1ccc(-c2ccccc2)cc1)OCCC[P+](c1ccccc1)(c1ccccc1)c1ccccc1. The minimum absolute atomic E-state index is 0.0312. The van der Waals surface area contributed by atoms with E-state index >= 15 is 0 Å². The predicted molar refractivity (Wildman–Crippen MR) is 177 cm³/mol. The summed E-state index contributed by atoms with van der Waals surface area (Å²) in [7, 11) is -5.74. The van der Waals surface area contributed by atoms with E-state index in [9.17, 15) is 13.2 Å². The Hall–Kier alpha value is -4.09. The van der Waals surface area contributed by atoms with Gasteiger partial charge < -0.3 is 4.74 Å². The molecule has 0 bridgehead atoms. The number of sulfonamides is 1. The fourth-order valence-corrected chi connectivity index (χ4v) is 10.6. The molecule has 0 aliphatic heterocycles. The topological polar surface area (TPSA) is 72.5 Å². The maximum absolute atomic E-state index is 12.8. The third-order valence-corrected chi connectivity index (χ3v) is 13.4. The Morgan fingerprint density at radius 3 is 1.53 bits per heavy atom. The molecule has 5 rings (SSSR count). The van der Waals surface area contributed by atoms with Crippen molar-refractivity contribution in [1.82, 2.24) is 4.72 Å². The molecular formula is C36H35NO4PS+. The molecule has 218 valence electrons. The zero-order chi connectivity index (χ0) is 30.0. The van der Waals surface area contributed by atoms with Gasteiger partial charge in [0.05, 0.1) is 24.1 Å². The van der Waals surface area contributed by atoms with E-state index in [0.29, 0.717) is 6.42 Å². The zero-order valence-electron chi connectivity index (χ0n) is 23.9. The highest BCUT2D eigenvalue weighted by Gasteiger charge is 2.44. The summed E-state index contributed by atoms with van der Waals surface area (Å²) in [5.74, 6) is -0.426. The standard InChI is InChI=1S/C36H35NO4PS/c38-36(26-27-37-43(39,40)35-24-22-31(23-25-35)30-14-5-1-6-15-30)41-28-13-29-42(32-16-7-2-8-17-32,33-18-9-3-10-19-33)34-20-11-4-12-21-34/h1-12,14-25,37H,13,26-29H2/q+1. The van der Waals surface area contributed by atoms with E-state index in [-0.39, 0.29) is 24.5 Å². The van der Waals surface area contributed by atoms with Gasteiger partial charge >= 0.3 is 5.97 Å². The molecular weight excluding hydrogens is 573 g/mol. The molecule has 0 saturated heterocycles. The largest absolute Gasteiger partial charge is 0.465 e. The third kappa shape index (κ3) is 7.47. The number of hydrogen-bond donors (Lipinski definition) is 1. The molecule has 1 N–H and O–H groups in total. The van der Waals surface area contributed by atoms with E-state index in [0.717, 1.165) is 17.3 Å². The lowest BCUT2D eigenvalue weighted by Gasteiger charge is -2.27. The van der Waals surface area contributed by atoms with Crippen LogP contribution < -0.4 is 20.6 Å². The molecule has 0 spiro atoms. The number of ether oxygens (including phenoxy) is 1. The molecule has 43 heavy (non-hydrogen) atoms. The van der Waals surface area contributed by atoms with Crippen molar-refractivity contribution >= 4 is 39.2 Å².